The van der Waals surface area contributed by atoms with Crippen LogP contribution in [0, 0.1) is 0 Å². The standard InChI is InChI=1S/C17H13ClN4O3/c1-20-14-12(16(24)22(3)17(25)21(14)2)13-10(15(20)23)6-8-4-5-9(18)7-11(8)19-13/h4-7H,1-3H3. The summed E-state index contributed by atoms with van der Waals surface area (Å²) < 4.78 is 3.60. The fourth-order valence-corrected chi connectivity index (χ4v) is 3.37. The van der Waals surface area contributed by atoms with E-state index in [2.05, 4.69) is 4.98 Å². The van der Waals surface area contributed by atoms with Crippen molar-refractivity contribution in [3.8, 4) is 0 Å². The quantitative estimate of drug-likeness (QED) is 0.351. The highest BCUT2D eigenvalue weighted by Crippen LogP contribution is 2.23. The molecule has 3 aromatic heterocycles. The predicted octanol–water partition coefficient (Wildman–Crippen LogP) is 1.29. The van der Waals surface area contributed by atoms with Gasteiger partial charge in [-0.15, -0.1) is 0 Å². The molecule has 0 bridgehead atoms. The molecule has 0 saturated carbocycles. The molecular formula is C17H13ClN4O3. The van der Waals surface area contributed by atoms with Gasteiger partial charge in [-0.05, 0) is 18.2 Å². The Morgan fingerprint density at radius 3 is 2.36 bits per heavy atom. The fraction of sp³-hybridized carbons (Fsp3) is 0.176. The van der Waals surface area contributed by atoms with E-state index in [9.17, 15) is 14.4 Å². The molecule has 0 N–H and O–H groups in total. The number of nitrogens with zero attached hydrogens (tertiary/aromatic N) is 4. The molecule has 0 spiro atoms. The molecule has 8 heteroatoms. The van der Waals surface area contributed by atoms with Crippen molar-refractivity contribution in [2.24, 2.45) is 21.1 Å². The van der Waals surface area contributed by atoms with Crippen LogP contribution in [0.5, 0.6) is 0 Å². The molecule has 0 atom stereocenters. The van der Waals surface area contributed by atoms with Crippen LogP contribution in [0.4, 0.5) is 0 Å². The van der Waals surface area contributed by atoms with Crippen molar-refractivity contribution in [3.05, 3.63) is 60.5 Å². The number of aryl methyl sites for hydroxylation is 2. The van der Waals surface area contributed by atoms with Crippen LogP contribution in [-0.4, -0.2) is 18.7 Å². The normalized spacial score (nSPS) is 11.7. The molecule has 0 unspecified atom stereocenters. The molecule has 0 aliphatic carbocycles. The molecule has 0 amide bonds. The molecule has 0 radical (unpaired) electrons. The second-order valence-corrected chi connectivity index (χ2v) is 6.43. The molecule has 7 nitrogen and oxygen atoms in total. The van der Waals surface area contributed by atoms with Gasteiger partial charge in [0.15, 0.2) is 0 Å². The maximum Gasteiger partial charge on any atom is 0.332 e. The Bertz CT molecular complexity index is 1400. The van der Waals surface area contributed by atoms with Crippen LogP contribution in [0.15, 0.2) is 38.6 Å². The summed E-state index contributed by atoms with van der Waals surface area (Å²) in [6.07, 6.45) is 0. The summed E-state index contributed by atoms with van der Waals surface area (Å²) in [5, 5.41) is 1.80. The summed E-state index contributed by atoms with van der Waals surface area (Å²) >= 11 is 6.03. The van der Waals surface area contributed by atoms with Crippen LogP contribution in [-0.2, 0) is 21.1 Å². The average molecular weight is 357 g/mol. The van der Waals surface area contributed by atoms with Crippen LogP contribution in [0.2, 0.25) is 5.02 Å². The first-order chi connectivity index (χ1) is 11.8. The maximum atomic E-state index is 12.8. The summed E-state index contributed by atoms with van der Waals surface area (Å²) in [4.78, 5) is 42.3. The lowest BCUT2D eigenvalue weighted by Crippen LogP contribution is -2.39. The summed E-state index contributed by atoms with van der Waals surface area (Å²) in [7, 11) is 4.46. The zero-order chi connectivity index (χ0) is 18.0. The number of hydrogen-bond donors (Lipinski definition) is 0. The van der Waals surface area contributed by atoms with Gasteiger partial charge in [0, 0.05) is 31.6 Å². The Morgan fingerprint density at radius 2 is 1.64 bits per heavy atom. The van der Waals surface area contributed by atoms with Crippen LogP contribution >= 0.6 is 11.6 Å². The van der Waals surface area contributed by atoms with Crippen molar-refractivity contribution in [1.82, 2.24) is 18.7 Å². The molecule has 3 heterocycles. The number of aromatic nitrogens is 4. The highest BCUT2D eigenvalue weighted by molar-refractivity contribution is 6.31. The molecular weight excluding hydrogens is 344 g/mol. The number of pyridine rings is 2. The van der Waals surface area contributed by atoms with E-state index < -0.39 is 11.2 Å². The van der Waals surface area contributed by atoms with Gasteiger partial charge in [-0.3, -0.25) is 23.3 Å². The predicted molar refractivity (Wildman–Crippen MR) is 97.5 cm³/mol. The SMILES string of the molecule is Cn1c(=O)c2c3nc4cc(Cl)ccc4cc3c(=O)n(C)c2n(C)c1=O. The second kappa shape index (κ2) is 5.03. The van der Waals surface area contributed by atoms with E-state index in [4.69, 9.17) is 11.6 Å². The minimum absolute atomic E-state index is 0.226. The van der Waals surface area contributed by atoms with Crippen LogP contribution in [0.25, 0.3) is 32.8 Å². The summed E-state index contributed by atoms with van der Waals surface area (Å²) in [5.74, 6) is 0. The summed E-state index contributed by atoms with van der Waals surface area (Å²) in [5.41, 5.74) is -0.243. The Hall–Kier alpha value is -2.93. The van der Waals surface area contributed by atoms with E-state index in [0.717, 1.165) is 9.95 Å². The monoisotopic (exact) mass is 356 g/mol. The van der Waals surface area contributed by atoms with Crippen LogP contribution in [0.3, 0.4) is 0 Å². The van der Waals surface area contributed by atoms with E-state index in [0.29, 0.717) is 15.9 Å². The molecule has 0 fully saturated rings. The third-order valence-corrected chi connectivity index (χ3v) is 4.74. The molecule has 4 aromatic rings. The topological polar surface area (TPSA) is 78.9 Å². The lowest BCUT2D eigenvalue weighted by atomic mass is 10.1. The minimum atomic E-state index is -0.504. The number of hydrogen-bond acceptors (Lipinski definition) is 4. The minimum Gasteiger partial charge on any atom is -0.296 e. The second-order valence-electron chi connectivity index (χ2n) is 5.99. The van der Waals surface area contributed by atoms with Crippen molar-refractivity contribution in [3.63, 3.8) is 0 Å². The summed E-state index contributed by atoms with van der Waals surface area (Å²) in [6.45, 7) is 0. The van der Waals surface area contributed by atoms with Crippen molar-refractivity contribution >= 4 is 44.4 Å². The van der Waals surface area contributed by atoms with Gasteiger partial charge in [-0.2, -0.15) is 0 Å². The van der Waals surface area contributed by atoms with Gasteiger partial charge in [-0.1, -0.05) is 17.7 Å². The lowest BCUT2D eigenvalue weighted by molar-refractivity contribution is 0.691. The highest BCUT2D eigenvalue weighted by atomic mass is 35.5. The molecule has 25 heavy (non-hydrogen) atoms. The van der Waals surface area contributed by atoms with Gasteiger partial charge in [0.1, 0.15) is 11.0 Å². The van der Waals surface area contributed by atoms with Gasteiger partial charge in [-0.25, -0.2) is 9.78 Å². The van der Waals surface area contributed by atoms with Gasteiger partial charge >= 0.3 is 5.69 Å². The van der Waals surface area contributed by atoms with Gasteiger partial charge in [0.25, 0.3) is 11.1 Å². The largest absolute Gasteiger partial charge is 0.332 e. The first kappa shape index (κ1) is 15.6. The fourth-order valence-electron chi connectivity index (χ4n) is 3.20. The zero-order valence-corrected chi connectivity index (χ0v) is 14.5. The van der Waals surface area contributed by atoms with E-state index in [1.165, 1.54) is 30.3 Å². The average Bonchev–Trinajstić information content (AvgIpc) is 2.59. The molecule has 0 aliphatic rings. The Kier molecular flexibility index (Phi) is 3.14. The Labute approximate surface area is 145 Å². The lowest BCUT2D eigenvalue weighted by Gasteiger charge is -2.13. The first-order valence-electron chi connectivity index (χ1n) is 7.50. The smallest absolute Gasteiger partial charge is 0.296 e. The summed E-state index contributed by atoms with van der Waals surface area (Å²) in [6, 6.07) is 6.85. The maximum absolute atomic E-state index is 12.8. The molecule has 1 aromatic carbocycles. The molecule has 126 valence electrons. The van der Waals surface area contributed by atoms with E-state index in [1.807, 2.05) is 0 Å². The van der Waals surface area contributed by atoms with Gasteiger partial charge < -0.3 is 0 Å². The van der Waals surface area contributed by atoms with E-state index in [-0.39, 0.29) is 22.1 Å². The van der Waals surface area contributed by atoms with Crippen LogP contribution in [0.1, 0.15) is 0 Å². The highest BCUT2D eigenvalue weighted by Gasteiger charge is 2.18. The van der Waals surface area contributed by atoms with Gasteiger partial charge in [0.2, 0.25) is 0 Å². The number of rotatable bonds is 0. The van der Waals surface area contributed by atoms with E-state index >= 15 is 0 Å². The van der Waals surface area contributed by atoms with Crippen LogP contribution < -0.4 is 16.8 Å². The third kappa shape index (κ3) is 1.99. The van der Waals surface area contributed by atoms with Crippen molar-refractivity contribution < 1.29 is 0 Å². The number of halogens is 1. The molecule has 0 saturated heterocycles. The van der Waals surface area contributed by atoms with Crippen molar-refractivity contribution in [2.45, 2.75) is 0 Å². The number of fused-ring (bicyclic) bond motifs is 4. The van der Waals surface area contributed by atoms with Crippen molar-refractivity contribution in [1.29, 1.82) is 0 Å². The first-order valence-corrected chi connectivity index (χ1v) is 7.88. The Balaban J connectivity index is 2.44. The van der Waals surface area contributed by atoms with E-state index in [1.54, 1.807) is 24.3 Å². The third-order valence-electron chi connectivity index (χ3n) is 4.50. The molecule has 4 rings (SSSR count). The number of benzene rings is 1. The Morgan fingerprint density at radius 1 is 0.920 bits per heavy atom. The van der Waals surface area contributed by atoms with Gasteiger partial charge in [0.05, 0.1) is 16.4 Å². The molecule has 0 aliphatic heterocycles. The zero-order valence-electron chi connectivity index (χ0n) is 13.7. The van der Waals surface area contributed by atoms with Crippen molar-refractivity contribution in [2.75, 3.05) is 0 Å².